The molecular weight excluding hydrogens is 497 g/mol. The lowest BCUT2D eigenvalue weighted by Gasteiger charge is -2.15. The summed E-state index contributed by atoms with van der Waals surface area (Å²) in [7, 11) is -3.39. The number of rotatable bonds is 6. The maximum atomic E-state index is 13.8. The van der Waals surface area contributed by atoms with Crippen LogP contribution in [0, 0.1) is 0 Å². The van der Waals surface area contributed by atoms with E-state index >= 15 is 0 Å². The molecule has 10 heteroatoms. The first-order chi connectivity index (χ1) is 16.3. The van der Waals surface area contributed by atoms with Crippen LogP contribution in [-0.4, -0.2) is 29.1 Å². The van der Waals surface area contributed by atoms with Crippen LogP contribution in [-0.2, 0) is 21.6 Å². The van der Waals surface area contributed by atoms with E-state index in [1.54, 1.807) is 43.3 Å². The molecular formula is C25H23F3N2O3S2. The molecule has 1 N–H and O–H groups in total. The van der Waals surface area contributed by atoms with Gasteiger partial charge in [0.2, 0.25) is 0 Å². The lowest BCUT2D eigenvalue weighted by molar-refractivity contribution is -0.137. The van der Waals surface area contributed by atoms with E-state index in [0.29, 0.717) is 16.1 Å². The van der Waals surface area contributed by atoms with Gasteiger partial charge in [-0.1, -0.05) is 31.2 Å². The predicted octanol–water partition coefficient (Wildman–Crippen LogP) is 6.31. The summed E-state index contributed by atoms with van der Waals surface area (Å²) in [5.74, 6) is -0.0241. The van der Waals surface area contributed by atoms with Gasteiger partial charge in [-0.25, -0.2) is 13.1 Å². The lowest BCUT2D eigenvalue weighted by Crippen LogP contribution is -2.17. The minimum absolute atomic E-state index is 0.0241. The minimum Gasteiger partial charge on any atom is -0.384 e. The van der Waals surface area contributed by atoms with E-state index in [4.69, 9.17) is 0 Å². The highest BCUT2D eigenvalue weighted by Gasteiger charge is 2.35. The molecule has 0 fully saturated rings. The number of para-hydroxylation sites is 1. The van der Waals surface area contributed by atoms with Gasteiger partial charge in [0.15, 0.2) is 9.84 Å². The SMILES string of the molecule is CCS(=O)(=O)c1cccc(-c2ccc(-c3cc(C(C)(C)O)nn3-c3ccccc3C(F)(F)F)s2)c1. The number of aromatic nitrogens is 2. The summed E-state index contributed by atoms with van der Waals surface area (Å²) in [6.07, 6.45) is -4.60. The Bertz CT molecular complexity index is 1480. The Morgan fingerprint density at radius 2 is 1.66 bits per heavy atom. The van der Waals surface area contributed by atoms with Crippen LogP contribution in [0.4, 0.5) is 13.2 Å². The maximum Gasteiger partial charge on any atom is 0.418 e. The molecule has 0 aliphatic carbocycles. The van der Waals surface area contributed by atoms with E-state index in [0.717, 1.165) is 10.9 Å². The van der Waals surface area contributed by atoms with Gasteiger partial charge in [0.25, 0.3) is 0 Å². The van der Waals surface area contributed by atoms with E-state index in [1.807, 2.05) is 0 Å². The van der Waals surface area contributed by atoms with E-state index in [1.165, 1.54) is 54.1 Å². The summed E-state index contributed by atoms with van der Waals surface area (Å²) in [5.41, 5.74) is -1.10. The van der Waals surface area contributed by atoms with Crippen molar-refractivity contribution in [2.75, 3.05) is 5.75 Å². The highest BCUT2D eigenvalue weighted by atomic mass is 32.2. The number of thiophene rings is 1. The second-order valence-corrected chi connectivity index (χ2v) is 11.9. The Balaban J connectivity index is 1.87. The zero-order valence-electron chi connectivity index (χ0n) is 19.2. The van der Waals surface area contributed by atoms with Crippen molar-refractivity contribution in [1.82, 2.24) is 9.78 Å². The second kappa shape index (κ2) is 8.92. The third kappa shape index (κ3) is 5.05. The van der Waals surface area contributed by atoms with Crippen LogP contribution in [0.15, 0.2) is 71.6 Å². The molecule has 184 valence electrons. The van der Waals surface area contributed by atoms with Gasteiger partial charge in [-0.3, -0.25) is 0 Å². The maximum absolute atomic E-state index is 13.8. The van der Waals surface area contributed by atoms with E-state index in [-0.39, 0.29) is 22.0 Å². The van der Waals surface area contributed by atoms with Crippen molar-refractivity contribution in [2.24, 2.45) is 0 Å². The second-order valence-electron chi connectivity index (χ2n) is 8.50. The topological polar surface area (TPSA) is 72.2 Å². The zero-order valence-corrected chi connectivity index (χ0v) is 20.8. The van der Waals surface area contributed by atoms with Gasteiger partial charge in [-0.15, -0.1) is 11.3 Å². The number of benzene rings is 2. The molecule has 0 radical (unpaired) electrons. The molecule has 0 aliphatic heterocycles. The summed E-state index contributed by atoms with van der Waals surface area (Å²) in [6, 6.07) is 16.8. The Hall–Kier alpha value is -2.95. The van der Waals surface area contributed by atoms with Crippen molar-refractivity contribution in [2.45, 2.75) is 37.4 Å². The van der Waals surface area contributed by atoms with Gasteiger partial charge in [0.05, 0.1) is 38.2 Å². The van der Waals surface area contributed by atoms with Gasteiger partial charge in [-0.05, 0) is 61.9 Å². The van der Waals surface area contributed by atoms with Gasteiger partial charge < -0.3 is 5.11 Å². The largest absolute Gasteiger partial charge is 0.418 e. The average molecular weight is 521 g/mol. The molecule has 0 amide bonds. The molecule has 0 atom stereocenters. The Morgan fingerprint density at radius 3 is 2.31 bits per heavy atom. The van der Waals surface area contributed by atoms with Crippen LogP contribution in [0.25, 0.3) is 26.7 Å². The number of nitrogens with zero attached hydrogens (tertiary/aromatic N) is 2. The zero-order chi connectivity index (χ0) is 25.6. The molecule has 0 aliphatic rings. The Labute approximate surface area is 205 Å². The van der Waals surface area contributed by atoms with E-state index in [9.17, 15) is 26.7 Å². The first-order valence-corrected chi connectivity index (χ1v) is 13.2. The molecule has 4 aromatic rings. The quantitative estimate of drug-likeness (QED) is 0.324. The summed E-state index contributed by atoms with van der Waals surface area (Å²) >= 11 is 1.29. The van der Waals surface area contributed by atoms with Crippen molar-refractivity contribution in [3.05, 3.63) is 78.0 Å². The van der Waals surface area contributed by atoms with Crippen LogP contribution >= 0.6 is 11.3 Å². The third-order valence-electron chi connectivity index (χ3n) is 5.49. The molecule has 0 unspecified atom stereocenters. The smallest absolute Gasteiger partial charge is 0.384 e. The third-order valence-corrected chi connectivity index (χ3v) is 8.38. The number of halogens is 3. The van der Waals surface area contributed by atoms with Gasteiger partial charge in [0, 0.05) is 4.88 Å². The molecule has 0 saturated carbocycles. The Kier molecular flexibility index (Phi) is 6.41. The van der Waals surface area contributed by atoms with E-state index in [2.05, 4.69) is 5.10 Å². The summed E-state index contributed by atoms with van der Waals surface area (Å²) in [5, 5.41) is 14.8. The molecule has 0 bridgehead atoms. The van der Waals surface area contributed by atoms with Crippen LogP contribution < -0.4 is 0 Å². The summed E-state index contributed by atoms with van der Waals surface area (Å²) < 4.78 is 67.1. The molecule has 5 nitrogen and oxygen atoms in total. The molecule has 2 aromatic carbocycles. The molecule has 2 aromatic heterocycles. The Morgan fingerprint density at radius 1 is 0.971 bits per heavy atom. The van der Waals surface area contributed by atoms with Crippen LogP contribution in [0.3, 0.4) is 0 Å². The molecule has 0 saturated heterocycles. The monoisotopic (exact) mass is 520 g/mol. The minimum atomic E-state index is -4.60. The van der Waals surface area contributed by atoms with Crippen LogP contribution in [0.2, 0.25) is 0 Å². The van der Waals surface area contributed by atoms with Gasteiger partial charge in [0.1, 0.15) is 5.60 Å². The highest BCUT2D eigenvalue weighted by Crippen LogP contribution is 2.40. The van der Waals surface area contributed by atoms with E-state index < -0.39 is 27.2 Å². The van der Waals surface area contributed by atoms with Crippen molar-refractivity contribution in [3.63, 3.8) is 0 Å². The summed E-state index contributed by atoms with van der Waals surface area (Å²) in [4.78, 5) is 1.57. The van der Waals surface area contributed by atoms with Crippen molar-refractivity contribution in [3.8, 4) is 26.7 Å². The number of sulfone groups is 1. The van der Waals surface area contributed by atoms with Crippen LogP contribution in [0.1, 0.15) is 32.0 Å². The van der Waals surface area contributed by atoms with Crippen molar-refractivity contribution >= 4 is 21.2 Å². The number of alkyl halides is 3. The number of hydrogen-bond acceptors (Lipinski definition) is 5. The standard InChI is InChI=1S/C25H23F3N2O3S2/c1-4-35(32,33)17-9-7-8-16(14-17)21-12-13-22(34-21)20-15-23(24(2,3)31)29-30(20)19-11-6-5-10-18(19)25(26,27)28/h5-15,31H,4H2,1-3H3. The first kappa shape index (κ1) is 25.2. The fraction of sp³-hybridized carbons (Fsp3) is 0.240. The van der Waals surface area contributed by atoms with Gasteiger partial charge >= 0.3 is 6.18 Å². The molecule has 2 heterocycles. The molecule has 35 heavy (non-hydrogen) atoms. The number of hydrogen-bond donors (Lipinski definition) is 1. The van der Waals surface area contributed by atoms with Gasteiger partial charge in [-0.2, -0.15) is 18.3 Å². The molecule has 0 spiro atoms. The van der Waals surface area contributed by atoms with Crippen molar-refractivity contribution < 1.29 is 26.7 Å². The molecule has 4 rings (SSSR count). The predicted molar refractivity (Wildman–Crippen MR) is 130 cm³/mol. The van der Waals surface area contributed by atoms with Crippen LogP contribution in [0.5, 0.6) is 0 Å². The lowest BCUT2D eigenvalue weighted by atomic mass is 10.1. The average Bonchev–Trinajstić information content (AvgIpc) is 3.46. The fourth-order valence-electron chi connectivity index (χ4n) is 3.58. The summed E-state index contributed by atoms with van der Waals surface area (Å²) in [6.45, 7) is 4.60. The fourth-order valence-corrected chi connectivity index (χ4v) is 5.51. The first-order valence-electron chi connectivity index (χ1n) is 10.7. The van der Waals surface area contributed by atoms with Crippen molar-refractivity contribution in [1.29, 1.82) is 0 Å². The highest BCUT2D eigenvalue weighted by molar-refractivity contribution is 7.91. The number of aliphatic hydroxyl groups is 1. The normalized spacial score (nSPS) is 12.8.